The minimum absolute atomic E-state index is 0.0834. The van der Waals surface area contributed by atoms with E-state index in [1.807, 2.05) is 35.2 Å². The molecule has 4 nitrogen and oxygen atoms in total. The first kappa shape index (κ1) is 15.5. The smallest absolute Gasteiger partial charge is 0.240 e. The summed E-state index contributed by atoms with van der Waals surface area (Å²) in [5.41, 5.74) is 1.14. The van der Waals surface area contributed by atoms with E-state index in [-0.39, 0.29) is 11.9 Å². The summed E-state index contributed by atoms with van der Waals surface area (Å²) in [5, 5.41) is 3.27. The molecule has 0 aromatic heterocycles. The van der Waals surface area contributed by atoms with Crippen LogP contribution in [-0.4, -0.2) is 48.5 Å². The van der Waals surface area contributed by atoms with Crippen molar-refractivity contribution >= 4 is 21.8 Å². The summed E-state index contributed by atoms with van der Waals surface area (Å²) in [4.78, 5) is 14.9. The largest absolute Gasteiger partial charge is 0.383 e. The van der Waals surface area contributed by atoms with Gasteiger partial charge in [0, 0.05) is 31.6 Å². The highest BCUT2D eigenvalue weighted by atomic mass is 79.9. The summed E-state index contributed by atoms with van der Waals surface area (Å²) in [6.07, 6.45) is 0.844. The molecule has 1 aliphatic rings. The monoisotopic (exact) mass is 340 g/mol. The van der Waals surface area contributed by atoms with Crippen LogP contribution in [0.4, 0.5) is 0 Å². The van der Waals surface area contributed by atoms with Gasteiger partial charge in [0.15, 0.2) is 0 Å². The number of hydrogen-bond acceptors (Lipinski definition) is 3. The maximum absolute atomic E-state index is 12.6. The van der Waals surface area contributed by atoms with E-state index < -0.39 is 0 Å². The molecule has 1 fully saturated rings. The number of halogens is 1. The Balaban J connectivity index is 2.00. The van der Waals surface area contributed by atoms with Gasteiger partial charge in [0.25, 0.3) is 0 Å². The van der Waals surface area contributed by atoms with Gasteiger partial charge in [0.1, 0.15) is 0 Å². The van der Waals surface area contributed by atoms with Crippen molar-refractivity contribution in [1.82, 2.24) is 10.2 Å². The van der Waals surface area contributed by atoms with Gasteiger partial charge in [-0.2, -0.15) is 0 Å². The van der Waals surface area contributed by atoms with E-state index >= 15 is 0 Å². The molecule has 2 rings (SSSR count). The van der Waals surface area contributed by atoms with Crippen molar-refractivity contribution in [1.29, 1.82) is 0 Å². The molecular formula is C15H21BrN2O2. The summed E-state index contributed by atoms with van der Waals surface area (Å²) in [6, 6.07) is 9.98. The Bertz CT molecular complexity index is 427. The third-order valence-corrected chi connectivity index (χ3v) is 4.17. The quantitative estimate of drug-likeness (QED) is 0.802. The summed E-state index contributed by atoms with van der Waals surface area (Å²) in [7, 11) is 1.66. The lowest BCUT2D eigenvalue weighted by atomic mass is 10.1. The summed E-state index contributed by atoms with van der Waals surface area (Å²) in [6.45, 7) is 2.66. The Labute approximate surface area is 128 Å². The zero-order chi connectivity index (χ0) is 14.4. The Kier molecular flexibility index (Phi) is 6.01. The van der Waals surface area contributed by atoms with Crippen LogP contribution in [0.15, 0.2) is 30.3 Å². The van der Waals surface area contributed by atoms with Crippen LogP contribution in [0, 0.1) is 0 Å². The number of nitrogens with zero attached hydrogens (tertiary/aromatic N) is 1. The first-order valence-corrected chi connectivity index (χ1v) is 7.81. The molecule has 1 amide bonds. The number of carbonyl (C=O) groups excluding carboxylic acids is 1. The predicted molar refractivity (Wildman–Crippen MR) is 82.9 cm³/mol. The summed E-state index contributed by atoms with van der Waals surface area (Å²) in [5.74, 6) is 0.160. The van der Waals surface area contributed by atoms with Crippen LogP contribution in [0.2, 0.25) is 0 Å². The second-order valence-electron chi connectivity index (χ2n) is 5.03. The third kappa shape index (κ3) is 4.30. The summed E-state index contributed by atoms with van der Waals surface area (Å²) >= 11 is 3.56. The first-order chi connectivity index (χ1) is 9.70. The van der Waals surface area contributed by atoms with Crippen molar-refractivity contribution in [3.63, 3.8) is 0 Å². The van der Waals surface area contributed by atoms with Crippen LogP contribution >= 0.6 is 15.9 Å². The Morgan fingerprint density at radius 2 is 2.20 bits per heavy atom. The molecule has 0 aliphatic carbocycles. The standard InChI is InChI=1S/C15H21BrN2O2/c1-20-8-7-18(11-12-5-3-2-4-6-12)15(19)14-9-13(16)10-17-14/h2-6,13-14,17H,7-11H2,1H3. The van der Waals surface area contributed by atoms with Gasteiger partial charge in [-0.25, -0.2) is 0 Å². The van der Waals surface area contributed by atoms with Gasteiger partial charge in [-0.05, 0) is 12.0 Å². The fourth-order valence-corrected chi connectivity index (χ4v) is 2.93. The molecule has 2 unspecified atom stereocenters. The second kappa shape index (κ2) is 7.76. The molecule has 0 bridgehead atoms. The summed E-state index contributed by atoms with van der Waals surface area (Å²) < 4.78 is 5.12. The number of rotatable bonds is 6. The van der Waals surface area contributed by atoms with Crippen molar-refractivity contribution in [2.45, 2.75) is 23.8 Å². The number of methoxy groups -OCH3 is 1. The molecule has 1 aliphatic heterocycles. The van der Waals surface area contributed by atoms with Crippen molar-refractivity contribution in [2.24, 2.45) is 0 Å². The van der Waals surface area contributed by atoms with E-state index in [2.05, 4.69) is 21.2 Å². The number of hydrogen-bond donors (Lipinski definition) is 1. The molecule has 0 spiro atoms. The lowest BCUT2D eigenvalue weighted by molar-refractivity contribution is -0.134. The zero-order valence-corrected chi connectivity index (χ0v) is 13.3. The average Bonchev–Trinajstić information content (AvgIpc) is 2.90. The van der Waals surface area contributed by atoms with Gasteiger partial charge in [-0.1, -0.05) is 46.3 Å². The maximum atomic E-state index is 12.6. The van der Waals surface area contributed by atoms with Crippen molar-refractivity contribution < 1.29 is 9.53 Å². The Morgan fingerprint density at radius 1 is 1.45 bits per heavy atom. The van der Waals surface area contributed by atoms with E-state index in [9.17, 15) is 4.79 Å². The number of benzene rings is 1. The number of carbonyl (C=O) groups is 1. The molecule has 1 N–H and O–H groups in total. The van der Waals surface area contributed by atoms with Crippen LogP contribution in [0.5, 0.6) is 0 Å². The second-order valence-corrected chi connectivity index (χ2v) is 6.33. The van der Waals surface area contributed by atoms with Crippen LogP contribution < -0.4 is 5.32 Å². The van der Waals surface area contributed by atoms with Gasteiger partial charge in [0.05, 0.1) is 12.6 Å². The van der Waals surface area contributed by atoms with Gasteiger partial charge < -0.3 is 15.0 Å². The molecule has 1 aromatic rings. The highest BCUT2D eigenvalue weighted by molar-refractivity contribution is 9.09. The van der Waals surface area contributed by atoms with E-state index in [4.69, 9.17) is 4.74 Å². The minimum Gasteiger partial charge on any atom is -0.383 e. The highest BCUT2D eigenvalue weighted by Crippen LogP contribution is 2.17. The van der Waals surface area contributed by atoms with Crippen molar-refractivity contribution in [2.75, 3.05) is 26.8 Å². The number of nitrogens with one attached hydrogen (secondary N) is 1. The molecule has 0 saturated carbocycles. The fourth-order valence-electron chi connectivity index (χ4n) is 2.37. The van der Waals surface area contributed by atoms with Crippen molar-refractivity contribution in [3.05, 3.63) is 35.9 Å². The third-order valence-electron chi connectivity index (χ3n) is 3.47. The molecule has 110 valence electrons. The fraction of sp³-hybridized carbons (Fsp3) is 0.533. The lowest BCUT2D eigenvalue weighted by Crippen LogP contribution is -2.44. The minimum atomic E-state index is -0.0834. The normalized spacial score (nSPS) is 21.9. The number of alkyl halides is 1. The SMILES string of the molecule is COCCN(Cc1ccccc1)C(=O)C1CC(Br)CN1. The van der Waals surface area contributed by atoms with Gasteiger partial charge in [-0.3, -0.25) is 4.79 Å². The molecule has 20 heavy (non-hydrogen) atoms. The highest BCUT2D eigenvalue weighted by Gasteiger charge is 2.30. The Hall–Kier alpha value is -0.910. The van der Waals surface area contributed by atoms with Gasteiger partial charge >= 0.3 is 0 Å². The van der Waals surface area contributed by atoms with E-state index in [1.54, 1.807) is 7.11 Å². The Morgan fingerprint density at radius 3 is 2.80 bits per heavy atom. The van der Waals surface area contributed by atoms with Crippen LogP contribution in [0.25, 0.3) is 0 Å². The van der Waals surface area contributed by atoms with Gasteiger partial charge in [-0.15, -0.1) is 0 Å². The average molecular weight is 341 g/mol. The molecule has 1 aromatic carbocycles. The van der Waals surface area contributed by atoms with E-state index in [0.717, 1.165) is 18.5 Å². The molecule has 1 heterocycles. The predicted octanol–water partition coefficient (Wildman–Crippen LogP) is 1.79. The maximum Gasteiger partial charge on any atom is 0.240 e. The zero-order valence-electron chi connectivity index (χ0n) is 11.7. The topological polar surface area (TPSA) is 41.6 Å². The van der Waals surface area contributed by atoms with E-state index in [0.29, 0.717) is 24.5 Å². The first-order valence-electron chi connectivity index (χ1n) is 6.90. The van der Waals surface area contributed by atoms with Crippen LogP contribution in [-0.2, 0) is 16.1 Å². The molecule has 5 heteroatoms. The van der Waals surface area contributed by atoms with Crippen LogP contribution in [0.3, 0.4) is 0 Å². The molecule has 1 saturated heterocycles. The van der Waals surface area contributed by atoms with Crippen LogP contribution in [0.1, 0.15) is 12.0 Å². The molecule has 2 atom stereocenters. The van der Waals surface area contributed by atoms with Crippen molar-refractivity contribution in [3.8, 4) is 0 Å². The number of ether oxygens (including phenoxy) is 1. The number of amides is 1. The molecular weight excluding hydrogens is 320 g/mol. The van der Waals surface area contributed by atoms with Gasteiger partial charge in [0.2, 0.25) is 5.91 Å². The lowest BCUT2D eigenvalue weighted by Gasteiger charge is -2.25. The van der Waals surface area contributed by atoms with E-state index in [1.165, 1.54) is 0 Å². The molecule has 0 radical (unpaired) electrons.